The largest absolute Gasteiger partial charge is 0.467 e. The van der Waals surface area contributed by atoms with Crippen molar-refractivity contribution in [2.45, 2.75) is 6.04 Å². The number of anilines is 1. The summed E-state index contributed by atoms with van der Waals surface area (Å²) in [6, 6.07) is 0.246. The van der Waals surface area contributed by atoms with Gasteiger partial charge in [0.15, 0.2) is 0 Å². The van der Waals surface area contributed by atoms with Gasteiger partial charge >= 0.3 is 5.97 Å². The summed E-state index contributed by atoms with van der Waals surface area (Å²) >= 11 is 0. The van der Waals surface area contributed by atoms with Crippen molar-refractivity contribution in [3.63, 3.8) is 0 Å². The normalized spacial score (nSPS) is 11.9. The number of aromatic amines is 1. The molecule has 0 aliphatic carbocycles. The maximum Gasteiger partial charge on any atom is 0.330 e. The van der Waals surface area contributed by atoms with Crippen molar-refractivity contribution >= 4 is 11.8 Å². The highest BCUT2D eigenvalue weighted by Crippen LogP contribution is 2.00. The van der Waals surface area contributed by atoms with E-state index < -0.39 is 18.6 Å². The molecule has 0 saturated heterocycles. The first-order valence-corrected chi connectivity index (χ1v) is 4.17. The first-order valence-electron chi connectivity index (χ1n) is 4.17. The van der Waals surface area contributed by atoms with E-state index in [0.29, 0.717) is 0 Å². The number of methoxy groups -OCH3 is 1. The number of aliphatic hydroxyl groups excluding tert-OH is 1. The number of nitrogens with one attached hydrogen (secondary N) is 2. The smallest absolute Gasteiger partial charge is 0.330 e. The molecule has 0 saturated carbocycles. The zero-order valence-electron chi connectivity index (χ0n) is 8.06. The number of hydrogen-bond donors (Lipinski definition) is 3. The van der Waals surface area contributed by atoms with Crippen LogP contribution in [0.4, 0.5) is 5.82 Å². The third kappa shape index (κ3) is 3.06. The number of hydrogen-bond acceptors (Lipinski definition) is 6. The quantitative estimate of drug-likeness (QED) is 0.538. The molecule has 1 aromatic rings. The Balaban J connectivity index is 2.75. The highest BCUT2D eigenvalue weighted by Gasteiger charge is 2.17. The van der Waals surface area contributed by atoms with Gasteiger partial charge in [-0.2, -0.15) is 0 Å². The number of nitrogens with zero attached hydrogens (tertiary/aromatic N) is 1. The minimum absolute atomic E-state index is 0.197. The second kappa shape index (κ2) is 5.11. The fourth-order valence-corrected chi connectivity index (χ4v) is 0.947. The van der Waals surface area contributed by atoms with E-state index in [1.165, 1.54) is 19.5 Å². The van der Waals surface area contributed by atoms with Crippen molar-refractivity contribution in [3.8, 4) is 0 Å². The van der Waals surface area contributed by atoms with Crippen LogP contribution in [-0.2, 0) is 9.53 Å². The standard InChI is InChI=1S/C8H11N3O4/c1-15-8(14)5(3-12)11-6-2-7(13)10-4-9-6/h2,4-5,12H,3H2,1H3,(H2,9,10,11,13). The van der Waals surface area contributed by atoms with E-state index in [4.69, 9.17) is 5.11 Å². The zero-order valence-corrected chi connectivity index (χ0v) is 8.06. The average Bonchev–Trinajstić information content (AvgIpc) is 2.25. The molecule has 0 aromatic carbocycles. The van der Waals surface area contributed by atoms with Crippen molar-refractivity contribution in [1.82, 2.24) is 9.97 Å². The van der Waals surface area contributed by atoms with Gasteiger partial charge in [0, 0.05) is 6.07 Å². The average molecular weight is 213 g/mol. The number of esters is 1. The van der Waals surface area contributed by atoms with Crippen molar-refractivity contribution in [2.75, 3.05) is 19.0 Å². The molecule has 0 spiro atoms. The van der Waals surface area contributed by atoms with Crippen molar-refractivity contribution < 1.29 is 14.6 Å². The summed E-state index contributed by atoms with van der Waals surface area (Å²) in [5.41, 5.74) is -0.353. The summed E-state index contributed by atoms with van der Waals surface area (Å²) in [6.45, 7) is -0.443. The number of ether oxygens (including phenoxy) is 1. The summed E-state index contributed by atoms with van der Waals surface area (Å²) < 4.78 is 4.43. The lowest BCUT2D eigenvalue weighted by Crippen LogP contribution is -2.34. The van der Waals surface area contributed by atoms with Gasteiger partial charge in [0.2, 0.25) is 0 Å². The summed E-state index contributed by atoms with van der Waals surface area (Å²) in [7, 11) is 1.21. The number of rotatable bonds is 4. The number of aromatic nitrogens is 2. The van der Waals surface area contributed by atoms with Gasteiger partial charge in [0.1, 0.15) is 11.9 Å². The van der Waals surface area contributed by atoms with E-state index in [2.05, 4.69) is 20.0 Å². The topological polar surface area (TPSA) is 104 Å². The molecule has 7 heteroatoms. The monoisotopic (exact) mass is 213 g/mol. The Bertz CT molecular complexity index is 389. The van der Waals surface area contributed by atoms with Crippen LogP contribution < -0.4 is 10.9 Å². The molecule has 3 N–H and O–H groups in total. The molecule has 15 heavy (non-hydrogen) atoms. The molecule has 0 aliphatic rings. The maximum atomic E-state index is 11.1. The molecular formula is C8H11N3O4. The number of H-pyrrole nitrogens is 1. The number of aliphatic hydroxyl groups is 1. The number of carbonyl (C=O) groups is 1. The SMILES string of the molecule is COC(=O)C(CO)Nc1cc(=O)[nH]cn1. The Morgan fingerprint density at radius 2 is 2.53 bits per heavy atom. The Labute approximate surface area is 85.1 Å². The molecule has 7 nitrogen and oxygen atoms in total. The van der Waals surface area contributed by atoms with E-state index in [0.717, 1.165) is 0 Å². The van der Waals surface area contributed by atoms with E-state index in [1.807, 2.05) is 0 Å². The molecule has 1 unspecified atom stereocenters. The molecule has 1 rings (SSSR count). The van der Waals surface area contributed by atoms with Crippen LogP contribution in [0.1, 0.15) is 0 Å². The molecule has 1 aromatic heterocycles. The van der Waals surface area contributed by atoms with Gasteiger partial charge in [-0.1, -0.05) is 0 Å². The van der Waals surface area contributed by atoms with Crippen LogP contribution in [0.5, 0.6) is 0 Å². The highest BCUT2D eigenvalue weighted by molar-refractivity contribution is 5.78. The fourth-order valence-electron chi connectivity index (χ4n) is 0.947. The minimum atomic E-state index is -0.927. The van der Waals surface area contributed by atoms with Crippen molar-refractivity contribution in [1.29, 1.82) is 0 Å². The van der Waals surface area contributed by atoms with Gasteiger partial charge in [-0.15, -0.1) is 0 Å². The van der Waals surface area contributed by atoms with Crippen LogP contribution in [0.25, 0.3) is 0 Å². The van der Waals surface area contributed by atoms with Crippen LogP contribution in [0, 0.1) is 0 Å². The van der Waals surface area contributed by atoms with Gasteiger partial charge in [0.05, 0.1) is 20.0 Å². The molecule has 0 bridgehead atoms. The molecule has 0 fully saturated rings. The Morgan fingerprint density at radius 3 is 3.07 bits per heavy atom. The molecule has 1 heterocycles. The first-order chi connectivity index (χ1) is 7.17. The second-order valence-electron chi connectivity index (χ2n) is 2.70. The first kappa shape index (κ1) is 11.2. The van der Waals surface area contributed by atoms with E-state index in [-0.39, 0.29) is 11.4 Å². The second-order valence-corrected chi connectivity index (χ2v) is 2.70. The summed E-state index contributed by atoms with van der Waals surface area (Å²) in [4.78, 5) is 28.0. The molecule has 1 atom stereocenters. The third-order valence-electron chi connectivity index (χ3n) is 1.67. The summed E-state index contributed by atoms with van der Waals surface area (Å²) in [5.74, 6) is -0.428. The predicted molar refractivity (Wildman–Crippen MR) is 51.4 cm³/mol. The molecule has 82 valence electrons. The van der Waals surface area contributed by atoms with Crippen LogP contribution in [-0.4, -0.2) is 40.8 Å². The van der Waals surface area contributed by atoms with Gasteiger partial charge in [-0.3, -0.25) is 4.79 Å². The van der Waals surface area contributed by atoms with Crippen LogP contribution in [0.2, 0.25) is 0 Å². The molecule has 0 amide bonds. The maximum absolute atomic E-state index is 11.1. The molecular weight excluding hydrogens is 202 g/mol. The summed E-state index contributed by atoms with van der Waals surface area (Å²) in [5, 5.41) is 11.4. The predicted octanol–water partition coefficient (Wildman–Crippen LogP) is -1.28. The summed E-state index contributed by atoms with van der Waals surface area (Å²) in [6.07, 6.45) is 1.19. The van der Waals surface area contributed by atoms with Crippen LogP contribution in [0.3, 0.4) is 0 Å². The highest BCUT2D eigenvalue weighted by atomic mass is 16.5. The lowest BCUT2D eigenvalue weighted by atomic mass is 10.3. The Kier molecular flexibility index (Phi) is 3.81. The van der Waals surface area contributed by atoms with Crippen LogP contribution in [0.15, 0.2) is 17.2 Å². The van der Waals surface area contributed by atoms with Crippen LogP contribution >= 0.6 is 0 Å². The van der Waals surface area contributed by atoms with Crippen molar-refractivity contribution in [2.24, 2.45) is 0 Å². The van der Waals surface area contributed by atoms with Crippen molar-refractivity contribution in [3.05, 3.63) is 22.7 Å². The Hall–Kier alpha value is -1.89. The van der Waals surface area contributed by atoms with Gasteiger partial charge in [0.25, 0.3) is 5.56 Å². The lowest BCUT2D eigenvalue weighted by Gasteiger charge is -2.13. The minimum Gasteiger partial charge on any atom is -0.467 e. The molecule has 0 aliphatic heterocycles. The fraction of sp³-hybridized carbons (Fsp3) is 0.375. The molecule has 0 radical (unpaired) electrons. The third-order valence-corrected chi connectivity index (χ3v) is 1.67. The van der Waals surface area contributed by atoms with Gasteiger partial charge < -0.3 is 20.1 Å². The van der Waals surface area contributed by atoms with Gasteiger partial charge in [-0.05, 0) is 0 Å². The number of carbonyl (C=O) groups excluding carboxylic acids is 1. The van der Waals surface area contributed by atoms with E-state index in [1.54, 1.807) is 0 Å². The lowest BCUT2D eigenvalue weighted by molar-refractivity contribution is -0.142. The van der Waals surface area contributed by atoms with E-state index >= 15 is 0 Å². The van der Waals surface area contributed by atoms with E-state index in [9.17, 15) is 9.59 Å². The Morgan fingerprint density at radius 1 is 1.80 bits per heavy atom. The van der Waals surface area contributed by atoms with Gasteiger partial charge in [-0.25, -0.2) is 9.78 Å². The zero-order chi connectivity index (χ0) is 11.3.